The lowest BCUT2D eigenvalue weighted by atomic mass is 10.1. The molecule has 1 fully saturated rings. The Labute approximate surface area is 210 Å². The number of thioether (sulfide) groups is 1. The Balaban J connectivity index is 1.42. The van der Waals surface area contributed by atoms with Crippen molar-refractivity contribution in [2.75, 3.05) is 24.2 Å². The zero-order chi connectivity index (χ0) is 24.8. The van der Waals surface area contributed by atoms with Crippen molar-refractivity contribution >= 4 is 29.3 Å². The molecule has 1 aromatic heterocycles. The molecule has 1 saturated heterocycles. The second-order valence-electron chi connectivity index (χ2n) is 8.35. The average molecular weight is 494 g/mol. The van der Waals surface area contributed by atoms with E-state index in [9.17, 15) is 9.59 Å². The summed E-state index contributed by atoms with van der Waals surface area (Å²) in [7, 11) is 0. The standard InChI is InChI=1S/C26H31N5O3S/c1-4-30-24(22-11-8-16-31(22)25(33)21-10-7-6-9-18(21)3)28-29-26(30)35-17-23(32)27-19-12-14-20(15-13-19)34-5-2/h6-7,9-10,12-15,22H,4-5,8,11,16-17H2,1-3H3,(H,27,32). The smallest absolute Gasteiger partial charge is 0.254 e. The first kappa shape index (κ1) is 24.8. The number of hydrogen-bond acceptors (Lipinski definition) is 6. The number of amides is 2. The van der Waals surface area contributed by atoms with E-state index in [1.165, 1.54) is 11.8 Å². The topological polar surface area (TPSA) is 89.3 Å². The maximum atomic E-state index is 13.3. The number of aromatic nitrogens is 3. The molecule has 1 N–H and O–H groups in total. The maximum absolute atomic E-state index is 13.3. The largest absolute Gasteiger partial charge is 0.494 e. The highest BCUT2D eigenvalue weighted by molar-refractivity contribution is 7.99. The molecule has 0 spiro atoms. The van der Waals surface area contributed by atoms with Gasteiger partial charge in [0.15, 0.2) is 11.0 Å². The highest BCUT2D eigenvalue weighted by Gasteiger charge is 2.35. The van der Waals surface area contributed by atoms with Crippen LogP contribution in [0.15, 0.2) is 53.7 Å². The van der Waals surface area contributed by atoms with Gasteiger partial charge in [-0.2, -0.15) is 0 Å². The Hall–Kier alpha value is -3.33. The van der Waals surface area contributed by atoms with Crippen LogP contribution < -0.4 is 10.1 Å². The fraction of sp³-hybridized carbons (Fsp3) is 0.385. The quantitative estimate of drug-likeness (QED) is 0.434. The van der Waals surface area contributed by atoms with Gasteiger partial charge in [-0.15, -0.1) is 10.2 Å². The molecular weight excluding hydrogens is 462 g/mol. The Kier molecular flexibility index (Phi) is 8.07. The number of nitrogens with zero attached hydrogens (tertiary/aromatic N) is 4. The highest BCUT2D eigenvalue weighted by atomic mass is 32.2. The van der Waals surface area contributed by atoms with Crippen LogP contribution >= 0.6 is 11.8 Å². The van der Waals surface area contributed by atoms with E-state index >= 15 is 0 Å². The Bertz CT molecular complexity index is 1180. The third kappa shape index (κ3) is 5.67. The van der Waals surface area contributed by atoms with E-state index in [1.54, 1.807) is 0 Å². The molecule has 1 aliphatic heterocycles. The Morgan fingerprint density at radius 2 is 1.89 bits per heavy atom. The minimum Gasteiger partial charge on any atom is -0.494 e. The number of nitrogens with one attached hydrogen (secondary N) is 1. The summed E-state index contributed by atoms with van der Waals surface area (Å²) in [4.78, 5) is 27.7. The van der Waals surface area contributed by atoms with Gasteiger partial charge in [0, 0.05) is 24.3 Å². The molecule has 9 heteroatoms. The fourth-order valence-corrected chi connectivity index (χ4v) is 5.13. The summed E-state index contributed by atoms with van der Waals surface area (Å²) in [6, 6.07) is 14.9. The van der Waals surface area contributed by atoms with Crippen LogP contribution in [0.4, 0.5) is 5.69 Å². The number of ether oxygens (including phenoxy) is 1. The summed E-state index contributed by atoms with van der Waals surface area (Å²) in [6.45, 7) is 7.87. The normalized spacial score (nSPS) is 15.3. The number of carbonyl (C=O) groups is 2. The molecule has 8 nitrogen and oxygen atoms in total. The van der Waals surface area contributed by atoms with Gasteiger partial charge in [-0.1, -0.05) is 30.0 Å². The molecular formula is C26H31N5O3S. The van der Waals surface area contributed by atoms with E-state index in [0.717, 1.165) is 35.5 Å². The van der Waals surface area contributed by atoms with Crippen molar-refractivity contribution < 1.29 is 14.3 Å². The summed E-state index contributed by atoms with van der Waals surface area (Å²) >= 11 is 1.35. The SMILES string of the molecule is CCOc1ccc(NC(=O)CSc2nnc(C3CCCN3C(=O)c3ccccc3C)n2CC)cc1. The van der Waals surface area contributed by atoms with Crippen LogP contribution in [0, 0.1) is 6.92 Å². The monoisotopic (exact) mass is 493 g/mol. The number of anilines is 1. The minimum atomic E-state index is -0.124. The highest BCUT2D eigenvalue weighted by Crippen LogP contribution is 2.34. The molecule has 4 rings (SSSR count). The summed E-state index contributed by atoms with van der Waals surface area (Å²) < 4.78 is 7.45. The van der Waals surface area contributed by atoms with E-state index in [-0.39, 0.29) is 23.6 Å². The summed E-state index contributed by atoms with van der Waals surface area (Å²) in [5.74, 6) is 1.66. The van der Waals surface area contributed by atoms with Gasteiger partial charge >= 0.3 is 0 Å². The first-order valence-electron chi connectivity index (χ1n) is 12.0. The molecule has 1 aliphatic rings. The molecule has 0 saturated carbocycles. The van der Waals surface area contributed by atoms with Crippen molar-refractivity contribution in [2.45, 2.75) is 51.4 Å². The minimum absolute atomic E-state index is 0.0280. The maximum Gasteiger partial charge on any atom is 0.254 e. The van der Waals surface area contributed by atoms with Crippen LogP contribution in [0.3, 0.4) is 0 Å². The van der Waals surface area contributed by atoms with Crippen molar-refractivity contribution in [1.29, 1.82) is 0 Å². The fourth-order valence-electron chi connectivity index (χ4n) is 4.32. The molecule has 2 heterocycles. The molecule has 184 valence electrons. The predicted octanol–water partition coefficient (Wildman–Crippen LogP) is 4.71. The Morgan fingerprint density at radius 1 is 1.11 bits per heavy atom. The van der Waals surface area contributed by atoms with Crippen LogP contribution in [-0.4, -0.2) is 50.4 Å². The molecule has 3 aromatic rings. The van der Waals surface area contributed by atoms with Crippen LogP contribution in [0.5, 0.6) is 5.75 Å². The van der Waals surface area contributed by atoms with Gasteiger partial charge in [0.2, 0.25) is 5.91 Å². The van der Waals surface area contributed by atoms with Crippen molar-refractivity contribution in [2.24, 2.45) is 0 Å². The third-order valence-corrected chi connectivity index (χ3v) is 7.00. The number of aryl methyl sites for hydroxylation is 1. The van der Waals surface area contributed by atoms with Gasteiger partial charge in [0.05, 0.1) is 18.4 Å². The lowest BCUT2D eigenvalue weighted by molar-refractivity contribution is -0.113. The first-order valence-corrected chi connectivity index (χ1v) is 13.0. The van der Waals surface area contributed by atoms with Crippen LogP contribution in [0.1, 0.15) is 54.5 Å². The molecule has 1 atom stereocenters. The molecule has 0 bridgehead atoms. The van der Waals surface area contributed by atoms with E-state index in [0.29, 0.717) is 30.5 Å². The lowest BCUT2D eigenvalue weighted by Gasteiger charge is -2.25. The van der Waals surface area contributed by atoms with Crippen LogP contribution in [-0.2, 0) is 11.3 Å². The summed E-state index contributed by atoms with van der Waals surface area (Å²) in [6.07, 6.45) is 1.77. The van der Waals surface area contributed by atoms with Crippen LogP contribution in [0.2, 0.25) is 0 Å². The number of hydrogen-bond donors (Lipinski definition) is 1. The van der Waals surface area contributed by atoms with Gasteiger partial charge in [-0.05, 0) is 69.5 Å². The third-order valence-electron chi connectivity index (χ3n) is 6.03. The van der Waals surface area contributed by atoms with Gasteiger partial charge in [-0.25, -0.2) is 0 Å². The second kappa shape index (κ2) is 11.4. The number of rotatable bonds is 9. The summed E-state index contributed by atoms with van der Waals surface area (Å²) in [5.41, 5.74) is 2.41. The van der Waals surface area contributed by atoms with E-state index < -0.39 is 0 Å². The number of benzene rings is 2. The lowest BCUT2D eigenvalue weighted by Crippen LogP contribution is -2.32. The first-order chi connectivity index (χ1) is 17.0. The number of likely N-dealkylation sites (tertiary alicyclic amines) is 1. The molecule has 35 heavy (non-hydrogen) atoms. The summed E-state index contributed by atoms with van der Waals surface area (Å²) in [5, 5.41) is 12.4. The van der Waals surface area contributed by atoms with Crippen molar-refractivity contribution in [1.82, 2.24) is 19.7 Å². The number of carbonyl (C=O) groups excluding carboxylic acids is 2. The van der Waals surface area contributed by atoms with Gasteiger partial charge in [0.25, 0.3) is 5.91 Å². The van der Waals surface area contributed by atoms with Crippen molar-refractivity contribution in [3.63, 3.8) is 0 Å². The molecule has 2 aromatic carbocycles. The van der Waals surface area contributed by atoms with Gasteiger partial charge in [-0.3, -0.25) is 9.59 Å². The van der Waals surface area contributed by atoms with Gasteiger partial charge < -0.3 is 19.5 Å². The molecule has 0 aliphatic carbocycles. The van der Waals surface area contributed by atoms with E-state index in [4.69, 9.17) is 4.74 Å². The average Bonchev–Trinajstić information content (AvgIpc) is 3.50. The molecule has 0 radical (unpaired) electrons. The predicted molar refractivity (Wildman–Crippen MR) is 137 cm³/mol. The molecule has 1 unspecified atom stereocenters. The van der Waals surface area contributed by atoms with Crippen LogP contribution in [0.25, 0.3) is 0 Å². The zero-order valence-electron chi connectivity index (χ0n) is 20.4. The second-order valence-corrected chi connectivity index (χ2v) is 9.29. The molecule has 2 amide bonds. The Morgan fingerprint density at radius 3 is 2.60 bits per heavy atom. The van der Waals surface area contributed by atoms with Crippen molar-refractivity contribution in [3.8, 4) is 5.75 Å². The van der Waals surface area contributed by atoms with E-state index in [1.807, 2.05) is 78.8 Å². The zero-order valence-corrected chi connectivity index (χ0v) is 21.2. The van der Waals surface area contributed by atoms with E-state index in [2.05, 4.69) is 15.5 Å². The van der Waals surface area contributed by atoms with Crippen molar-refractivity contribution in [3.05, 3.63) is 65.5 Å². The van der Waals surface area contributed by atoms with Gasteiger partial charge in [0.1, 0.15) is 5.75 Å².